The summed E-state index contributed by atoms with van der Waals surface area (Å²) in [6.07, 6.45) is 0. The van der Waals surface area contributed by atoms with Crippen molar-refractivity contribution in [3.63, 3.8) is 0 Å². The Labute approximate surface area is 116 Å². The molecule has 0 fully saturated rings. The van der Waals surface area contributed by atoms with E-state index in [9.17, 15) is 15.0 Å². The van der Waals surface area contributed by atoms with Gasteiger partial charge in [0.1, 0.15) is 11.5 Å². The number of nitrogens with one attached hydrogen (secondary N) is 1. The van der Waals surface area contributed by atoms with Crippen molar-refractivity contribution in [1.82, 2.24) is 0 Å². The van der Waals surface area contributed by atoms with Crippen molar-refractivity contribution in [3.05, 3.63) is 53.6 Å². The fraction of sp³-hybridized carbons (Fsp3) is 0.0625. The van der Waals surface area contributed by atoms with Crippen LogP contribution in [0.15, 0.2) is 42.5 Å². The Morgan fingerprint density at radius 3 is 2.35 bits per heavy atom. The van der Waals surface area contributed by atoms with Crippen LogP contribution in [0.25, 0.3) is 0 Å². The zero-order valence-corrected chi connectivity index (χ0v) is 10.8. The van der Waals surface area contributed by atoms with E-state index in [2.05, 4.69) is 17.2 Å². The SMILES string of the molecule is CC(=O)Nc1ccc(C#Cc2cccc(O)c2)cc1O. The predicted octanol–water partition coefficient (Wildman–Crippen LogP) is 2.46. The monoisotopic (exact) mass is 267 g/mol. The van der Waals surface area contributed by atoms with Gasteiger partial charge in [0.25, 0.3) is 0 Å². The second-order valence-corrected chi connectivity index (χ2v) is 4.21. The molecule has 2 aromatic carbocycles. The fourth-order valence-corrected chi connectivity index (χ4v) is 1.63. The summed E-state index contributed by atoms with van der Waals surface area (Å²) in [5.74, 6) is 5.62. The lowest BCUT2D eigenvalue weighted by Gasteiger charge is -2.04. The molecule has 0 atom stereocenters. The van der Waals surface area contributed by atoms with Gasteiger partial charge in [-0.05, 0) is 36.4 Å². The number of carbonyl (C=O) groups is 1. The van der Waals surface area contributed by atoms with Crippen molar-refractivity contribution in [2.75, 3.05) is 5.32 Å². The summed E-state index contributed by atoms with van der Waals surface area (Å²) in [7, 11) is 0. The molecule has 0 spiro atoms. The number of carbonyl (C=O) groups excluding carboxylic acids is 1. The molecule has 0 saturated heterocycles. The lowest BCUT2D eigenvalue weighted by Crippen LogP contribution is -2.05. The van der Waals surface area contributed by atoms with Gasteiger partial charge in [-0.3, -0.25) is 4.79 Å². The van der Waals surface area contributed by atoms with E-state index in [1.165, 1.54) is 13.0 Å². The number of hydrogen-bond acceptors (Lipinski definition) is 3. The van der Waals surface area contributed by atoms with Crippen molar-refractivity contribution >= 4 is 11.6 Å². The van der Waals surface area contributed by atoms with Crippen molar-refractivity contribution in [2.24, 2.45) is 0 Å². The number of phenols is 2. The molecule has 4 nitrogen and oxygen atoms in total. The van der Waals surface area contributed by atoms with Gasteiger partial charge in [-0.2, -0.15) is 0 Å². The average molecular weight is 267 g/mol. The Hall–Kier alpha value is -2.93. The van der Waals surface area contributed by atoms with Gasteiger partial charge in [0, 0.05) is 18.1 Å². The predicted molar refractivity (Wildman–Crippen MR) is 76.5 cm³/mol. The molecule has 0 aliphatic heterocycles. The van der Waals surface area contributed by atoms with E-state index in [1.54, 1.807) is 36.4 Å². The van der Waals surface area contributed by atoms with Crippen LogP contribution < -0.4 is 5.32 Å². The van der Waals surface area contributed by atoms with Crippen LogP contribution in [0.4, 0.5) is 5.69 Å². The van der Waals surface area contributed by atoms with Gasteiger partial charge >= 0.3 is 0 Å². The van der Waals surface area contributed by atoms with Gasteiger partial charge in [0.05, 0.1) is 5.69 Å². The third kappa shape index (κ3) is 3.53. The van der Waals surface area contributed by atoms with Crippen LogP contribution in [0, 0.1) is 11.8 Å². The molecule has 0 saturated carbocycles. The van der Waals surface area contributed by atoms with Gasteiger partial charge in [0.2, 0.25) is 5.91 Å². The van der Waals surface area contributed by atoms with Crippen LogP contribution in [0.1, 0.15) is 18.1 Å². The van der Waals surface area contributed by atoms with Crippen LogP contribution in [0.3, 0.4) is 0 Å². The maximum absolute atomic E-state index is 10.9. The minimum Gasteiger partial charge on any atom is -0.508 e. The molecule has 100 valence electrons. The maximum atomic E-state index is 10.9. The highest BCUT2D eigenvalue weighted by atomic mass is 16.3. The lowest BCUT2D eigenvalue weighted by molar-refractivity contribution is -0.114. The van der Waals surface area contributed by atoms with E-state index >= 15 is 0 Å². The van der Waals surface area contributed by atoms with Gasteiger partial charge in [0.15, 0.2) is 0 Å². The first-order valence-electron chi connectivity index (χ1n) is 5.96. The molecule has 0 aliphatic rings. The molecular formula is C16H13NO3. The molecule has 3 N–H and O–H groups in total. The Morgan fingerprint density at radius 1 is 1.05 bits per heavy atom. The number of rotatable bonds is 1. The first-order valence-corrected chi connectivity index (χ1v) is 5.96. The van der Waals surface area contributed by atoms with E-state index in [-0.39, 0.29) is 17.4 Å². The molecule has 4 heteroatoms. The third-order valence-electron chi connectivity index (χ3n) is 2.51. The Bertz CT molecular complexity index is 711. The minimum absolute atomic E-state index is 0.0390. The van der Waals surface area contributed by atoms with Crippen LogP contribution in [-0.4, -0.2) is 16.1 Å². The molecule has 0 unspecified atom stereocenters. The van der Waals surface area contributed by atoms with E-state index in [1.807, 2.05) is 0 Å². The molecule has 0 heterocycles. The minimum atomic E-state index is -0.251. The summed E-state index contributed by atoms with van der Waals surface area (Å²) in [5, 5.41) is 21.6. The molecule has 20 heavy (non-hydrogen) atoms. The number of amides is 1. The smallest absolute Gasteiger partial charge is 0.221 e. The molecule has 0 aromatic heterocycles. The van der Waals surface area contributed by atoms with Crippen molar-refractivity contribution < 1.29 is 15.0 Å². The third-order valence-corrected chi connectivity index (χ3v) is 2.51. The van der Waals surface area contributed by atoms with Crippen LogP contribution in [0.2, 0.25) is 0 Å². The molecule has 2 rings (SSSR count). The van der Waals surface area contributed by atoms with Gasteiger partial charge in [-0.25, -0.2) is 0 Å². The van der Waals surface area contributed by atoms with Crippen molar-refractivity contribution in [2.45, 2.75) is 6.92 Å². The van der Waals surface area contributed by atoms with Crippen molar-refractivity contribution in [1.29, 1.82) is 0 Å². The summed E-state index contributed by atoms with van der Waals surface area (Å²) in [4.78, 5) is 10.9. The van der Waals surface area contributed by atoms with Gasteiger partial charge in [-0.1, -0.05) is 17.9 Å². The summed E-state index contributed by atoms with van der Waals surface area (Å²) in [6, 6.07) is 11.4. The summed E-state index contributed by atoms with van der Waals surface area (Å²) in [6.45, 7) is 1.37. The van der Waals surface area contributed by atoms with Crippen LogP contribution in [-0.2, 0) is 4.79 Å². The molecule has 0 radical (unpaired) electrons. The Balaban J connectivity index is 2.23. The highest BCUT2D eigenvalue weighted by Crippen LogP contribution is 2.23. The number of anilines is 1. The quantitative estimate of drug-likeness (QED) is 0.549. The topological polar surface area (TPSA) is 69.6 Å². The first kappa shape index (κ1) is 13.5. The molecular weight excluding hydrogens is 254 g/mol. The maximum Gasteiger partial charge on any atom is 0.221 e. The van der Waals surface area contributed by atoms with Gasteiger partial charge < -0.3 is 15.5 Å². The van der Waals surface area contributed by atoms with E-state index in [0.717, 1.165) is 0 Å². The van der Waals surface area contributed by atoms with Crippen LogP contribution in [0.5, 0.6) is 11.5 Å². The highest BCUT2D eigenvalue weighted by molar-refractivity contribution is 5.90. The zero-order valence-electron chi connectivity index (χ0n) is 10.8. The molecule has 0 aliphatic carbocycles. The van der Waals surface area contributed by atoms with E-state index < -0.39 is 0 Å². The Kier molecular flexibility index (Phi) is 3.92. The molecule has 2 aromatic rings. The van der Waals surface area contributed by atoms with Crippen molar-refractivity contribution in [3.8, 4) is 23.3 Å². The summed E-state index contributed by atoms with van der Waals surface area (Å²) < 4.78 is 0. The standard InChI is InChI=1S/C16H13NO3/c1-11(18)17-15-8-7-13(10-16(15)20)6-5-12-3-2-4-14(19)9-12/h2-4,7-10,19-20H,1H3,(H,17,18). The average Bonchev–Trinajstić information content (AvgIpc) is 2.39. The second kappa shape index (κ2) is 5.81. The van der Waals surface area contributed by atoms with Crippen LogP contribution >= 0.6 is 0 Å². The lowest BCUT2D eigenvalue weighted by atomic mass is 10.1. The molecule has 1 amide bonds. The van der Waals surface area contributed by atoms with Gasteiger partial charge in [-0.15, -0.1) is 0 Å². The zero-order chi connectivity index (χ0) is 14.5. The summed E-state index contributed by atoms with van der Waals surface area (Å²) >= 11 is 0. The number of phenolic OH excluding ortho intramolecular Hbond substituents is 2. The largest absolute Gasteiger partial charge is 0.508 e. The Morgan fingerprint density at radius 2 is 1.75 bits per heavy atom. The number of hydrogen-bond donors (Lipinski definition) is 3. The normalized spacial score (nSPS) is 9.45. The highest BCUT2D eigenvalue weighted by Gasteiger charge is 2.02. The summed E-state index contributed by atoms with van der Waals surface area (Å²) in [5.41, 5.74) is 1.63. The number of aromatic hydroxyl groups is 2. The fourth-order valence-electron chi connectivity index (χ4n) is 1.63. The number of benzene rings is 2. The van der Waals surface area contributed by atoms with E-state index in [0.29, 0.717) is 16.8 Å². The second-order valence-electron chi connectivity index (χ2n) is 4.21. The first-order chi connectivity index (χ1) is 9.54. The van der Waals surface area contributed by atoms with E-state index in [4.69, 9.17) is 0 Å². The molecule has 0 bridgehead atoms.